The maximum Gasteiger partial charge on any atom is 0.310 e. The molecule has 0 spiro atoms. The largest absolute Gasteiger partial charge is 0.462 e. The molecule has 0 fully saturated rings. The molecule has 0 radical (unpaired) electrons. The molecule has 0 aromatic carbocycles. The smallest absolute Gasteiger partial charge is 0.310 e. The number of hydrogen-bond acceptors (Lipinski definition) is 6. The van der Waals surface area contributed by atoms with Crippen molar-refractivity contribution in [3.05, 3.63) is 109 Å². The van der Waals surface area contributed by atoms with Crippen molar-refractivity contribution in [2.45, 2.75) is 226 Å². The van der Waals surface area contributed by atoms with E-state index < -0.39 is 12.1 Å². The number of allylic oxidation sites excluding steroid dienone is 17. The first-order valence-corrected chi connectivity index (χ1v) is 25.9. The monoisotopic (exact) mass is 887 g/mol. The van der Waals surface area contributed by atoms with Crippen molar-refractivity contribution in [2.75, 3.05) is 13.2 Å². The minimum atomic E-state index is -0.841. The molecule has 0 aliphatic carbocycles. The van der Waals surface area contributed by atoms with Crippen LogP contribution in [0.4, 0.5) is 0 Å². The average molecular weight is 887 g/mol. The van der Waals surface area contributed by atoms with Crippen LogP contribution in [-0.4, -0.2) is 37.2 Å². The van der Waals surface area contributed by atoms with Crippen LogP contribution in [0.25, 0.3) is 0 Å². The molecule has 64 heavy (non-hydrogen) atoms. The minimum Gasteiger partial charge on any atom is -0.462 e. The van der Waals surface area contributed by atoms with E-state index in [1.165, 1.54) is 70.6 Å². The Kier molecular flexibility index (Phi) is 48.5. The minimum absolute atomic E-state index is 0.0898. The van der Waals surface area contributed by atoms with Crippen LogP contribution in [0, 0.1) is 0 Å². The van der Waals surface area contributed by atoms with Crippen LogP contribution in [0.15, 0.2) is 109 Å². The molecule has 0 aliphatic rings. The third kappa shape index (κ3) is 49.1. The molecule has 1 atom stereocenters. The lowest BCUT2D eigenvalue weighted by molar-refractivity contribution is -0.166. The summed E-state index contributed by atoms with van der Waals surface area (Å²) in [5.74, 6) is -1.08. The van der Waals surface area contributed by atoms with Crippen molar-refractivity contribution < 1.29 is 28.6 Å². The van der Waals surface area contributed by atoms with E-state index in [0.717, 1.165) is 103 Å². The third-order valence-electron chi connectivity index (χ3n) is 10.5. The van der Waals surface area contributed by atoms with E-state index in [9.17, 15) is 14.4 Å². The van der Waals surface area contributed by atoms with E-state index in [-0.39, 0.29) is 31.6 Å². The van der Waals surface area contributed by atoms with Crippen molar-refractivity contribution in [1.29, 1.82) is 0 Å². The molecule has 0 aliphatic heterocycles. The second-order valence-electron chi connectivity index (χ2n) is 16.7. The van der Waals surface area contributed by atoms with Gasteiger partial charge >= 0.3 is 17.9 Å². The highest BCUT2D eigenvalue weighted by molar-refractivity contribution is 5.72. The number of unbranched alkanes of at least 4 members (excludes halogenated alkanes) is 17. The molecule has 6 nitrogen and oxygen atoms in total. The summed E-state index contributed by atoms with van der Waals surface area (Å²) >= 11 is 0. The van der Waals surface area contributed by atoms with Crippen LogP contribution < -0.4 is 0 Å². The van der Waals surface area contributed by atoms with Gasteiger partial charge in [0.05, 0.1) is 6.42 Å². The fourth-order valence-corrected chi connectivity index (χ4v) is 6.70. The van der Waals surface area contributed by atoms with Crippen LogP contribution in [0.2, 0.25) is 0 Å². The SMILES string of the molecule is CC/C=C\C/C=C\C/C=C\C/C=C\C/C=C\CC(=O)OC(COC(=O)CCCCCCC/C=C\CCCCCCC)COC(=O)CCCCCCCCC/C=C\C/C=C\C/C=C\CC. The normalized spacial score (nSPS) is 13.0. The van der Waals surface area contributed by atoms with Gasteiger partial charge in [0.2, 0.25) is 0 Å². The number of carbonyl (C=O) groups excluding carboxylic acids is 3. The molecule has 0 amide bonds. The Balaban J connectivity index is 4.54. The van der Waals surface area contributed by atoms with Gasteiger partial charge in [-0.25, -0.2) is 0 Å². The first-order valence-electron chi connectivity index (χ1n) is 25.9. The molecule has 0 rings (SSSR count). The fourth-order valence-electron chi connectivity index (χ4n) is 6.70. The standard InChI is InChI=1S/C58H94O6/c1-4-7-10-13-16-19-22-25-28-29-31-33-36-39-42-45-48-51-57(60)63-54-55(53-62-56(59)50-47-44-41-38-35-32-27-24-21-18-15-12-9-6-3)64-58(61)52-49-46-43-40-37-34-30-26-23-20-17-14-11-8-5-2/h7-8,10-11,16-17,19-20,24-28,30,37,40,46,49,55H,4-6,9,12-15,18,21-23,29,31-36,38-39,41-45,47-48,50-54H2,1-3H3/b10-7-,11-8-,19-16-,20-17-,27-24-,28-25-,30-26-,40-37-,49-46-. The lowest BCUT2D eigenvalue weighted by Crippen LogP contribution is -2.30. The zero-order valence-corrected chi connectivity index (χ0v) is 41.3. The predicted molar refractivity (Wildman–Crippen MR) is 274 cm³/mol. The Morgan fingerprint density at radius 2 is 0.656 bits per heavy atom. The summed E-state index contributed by atoms with van der Waals surface area (Å²) in [5.41, 5.74) is 0. The molecule has 6 heteroatoms. The number of esters is 3. The highest BCUT2D eigenvalue weighted by Gasteiger charge is 2.19. The topological polar surface area (TPSA) is 78.9 Å². The summed E-state index contributed by atoms with van der Waals surface area (Å²) in [7, 11) is 0. The Morgan fingerprint density at radius 1 is 0.344 bits per heavy atom. The lowest BCUT2D eigenvalue weighted by Gasteiger charge is -2.18. The average Bonchev–Trinajstić information content (AvgIpc) is 3.29. The molecule has 0 aromatic heterocycles. The first-order chi connectivity index (χ1) is 31.5. The Hall–Kier alpha value is -3.93. The van der Waals surface area contributed by atoms with E-state index in [1.807, 2.05) is 6.08 Å². The van der Waals surface area contributed by atoms with Crippen LogP contribution in [0.5, 0.6) is 0 Å². The molecular formula is C58H94O6. The van der Waals surface area contributed by atoms with Gasteiger partial charge in [-0.2, -0.15) is 0 Å². The first kappa shape index (κ1) is 60.1. The molecule has 0 heterocycles. The van der Waals surface area contributed by atoms with Crippen molar-refractivity contribution >= 4 is 17.9 Å². The Bertz CT molecular complexity index is 1340. The summed E-state index contributed by atoms with van der Waals surface area (Å²) in [6.45, 7) is 6.29. The maximum absolute atomic E-state index is 12.7. The van der Waals surface area contributed by atoms with E-state index in [0.29, 0.717) is 19.3 Å². The van der Waals surface area contributed by atoms with Crippen LogP contribution >= 0.6 is 0 Å². The highest BCUT2D eigenvalue weighted by atomic mass is 16.6. The zero-order valence-electron chi connectivity index (χ0n) is 41.3. The number of hydrogen-bond donors (Lipinski definition) is 0. The highest BCUT2D eigenvalue weighted by Crippen LogP contribution is 2.13. The van der Waals surface area contributed by atoms with Gasteiger partial charge in [-0.1, -0.05) is 207 Å². The van der Waals surface area contributed by atoms with E-state index in [1.54, 1.807) is 6.08 Å². The van der Waals surface area contributed by atoms with Crippen molar-refractivity contribution in [3.63, 3.8) is 0 Å². The molecule has 0 bridgehead atoms. The second kappa shape index (κ2) is 51.7. The lowest BCUT2D eigenvalue weighted by atomic mass is 10.1. The fraction of sp³-hybridized carbons (Fsp3) is 0.638. The van der Waals surface area contributed by atoms with Crippen LogP contribution in [0.1, 0.15) is 220 Å². The number of rotatable bonds is 45. The molecular weight excluding hydrogens is 793 g/mol. The summed E-state index contributed by atoms with van der Waals surface area (Å²) < 4.78 is 16.7. The van der Waals surface area contributed by atoms with Crippen molar-refractivity contribution in [2.24, 2.45) is 0 Å². The van der Waals surface area contributed by atoms with E-state index >= 15 is 0 Å². The second-order valence-corrected chi connectivity index (χ2v) is 16.7. The zero-order chi connectivity index (χ0) is 46.5. The summed E-state index contributed by atoms with van der Waals surface area (Å²) in [6, 6.07) is 0. The maximum atomic E-state index is 12.7. The number of carbonyl (C=O) groups is 3. The molecule has 0 N–H and O–H groups in total. The summed E-state index contributed by atoms with van der Waals surface area (Å²) in [5, 5.41) is 0. The molecule has 0 saturated carbocycles. The molecule has 0 aromatic rings. The van der Waals surface area contributed by atoms with Crippen LogP contribution in [0.3, 0.4) is 0 Å². The van der Waals surface area contributed by atoms with Gasteiger partial charge in [0.25, 0.3) is 0 Å². The number of ether oxygens (including phenoxy) is 3. The van der Waals surface area contributed by atoms with Crippen molar-refractivity contribution in [1.82, 2.24) is 0 Å². The van der Waals surface area contributed by atoms with E-state index in [4.69, 9.17) is 14.2 Å². The molecule has 1 unspecified atom stereocenters. The van der Waals surface area contributed by atoms with Gasteiger partial charge in [0.15, 0.2) is 6.10 Å². The van der Waals surface area contributed by atoms with Gasteiger partial charge in [-0.15, -0.1) is 0 Å². The Labute approximate surface area is 393 Å². The van der Waals surface area contributed by atoms with Crippen LogP contribution in [-0.2, 0) is 28.6 Å². The van der Waals surface area contributed by atoms with Gasteiger partial charge in [0.1, 0.15) is 13.2 Å². The third-order valence-corrected chi connectivity index (χ3v) is 10.5. The quantitative estimate of drug-likeness (QED) is 0.0262. The Morgan fingerprint density at radius 3 is 1.05 bits per heavy atom. The van der Waals surface area contributed by atoms with E-state index in [2.05, 4.69) is 118 Å². The summed E-state index contributed by atoms with van der Waals surface area (Å²) in [6.07, 6.45) is 69.5. The van der Waals surface area contributed by atoms with Crippen molar-refractivity contribution in [3.8, 4) is 0 Å². The molecule has 0 saturated heterocycles. The predicted octanol–water partition coefficient (Wildman–Crippen LogP) is 17.1. The van der Waals surface area contributed by atoms with Gasteiger partial charge in [-0.3, -0.25) is 14.4 Å². The molecule has 362 valence electrons. The van der Waals surface area contributed by atoms with Gasteiger partial charge in [0, 0.05) is 12.8 Å². The van der Waals surface area contributed by atoms with Gasteiger partial charge < -0.3 is 14.2 Å². The van der Waals surface area contributed by atoms with Gasteiger partial charge in [-0.05, 0) is 103 Å². The summed E-state index contributed by atoms with van der Waals surface area (Å²) in [4.78, 5) is 37.9.